The molecule has 0 saturated carbocycles. The zero-order valence-electron chi connectivity index (χ0n) is 17.8. The number of rotatable bonds is 1. The number of hydrogen-bond acceptors (Lipinski definition) is 2. The van der Waals surface area contributed by atoms with E-state index in [1.165, 1.54) is 5.56 Å². The van der Waals surface area contributed by atoms with Crippen LogP contribution in [0.15, 0.2) is 72.8 Å². The number of aromatic hydroxyl groups is 2. The molecule has 0 spiro atoms. The molecule has 0 aliphatic carbocycles. The van der Waals surface area contributed by atoms with Crippen LogP contribution in [0.5, 0.6) is 11.5 Å². The first kappa shape index (κ1) is 21.6. The predicted molar refractivity (Wildman–Crippen MR) is 119 cm³/mol. The van der Waals surface area contributed by atoms with Crippen molar-refractivity contribution in [3.63, 3.8) is 0 Å². The molecule has 0 atom stereocenters. The Labute approximate surface area is 169 Å². The van der Waals surface area contributed by atoms with Gasteiger partial charge in [0.05, 0.1) is 0 Å². The van der Waals surface area contributed by atoms with E-state index in [0.717, 1.165) is 16.7 Å². The van der Waals surface area contributed by atoms with Crippen LogP contribution >= 0.6 is 0 Å². The molecule has 0 aliphatic rings. The van der Waals surface area contributed by atoms with Crippen LogP contribution in [0.25, 0.3) is 11.1 Å². The highest BCUT2D eigenvalue weighted by Crippen LogP contribution is 2.34. The third-order valence-electron chi connectivity index (χ3n) is 4.66. The Bertz CT molecular complexity index is 898. The Morgan fingerprint density at radius 2 is 1.14 bits per heavy atom. The van der Waals surface area contributed by atoms with Crippen molar-refractivity contribution in [1.82, 2.24) is 0 Å². The molecule has 0 amide bonds. The molecular weight excluding hydrogens is 344 g/mol. The SMILES string of the molecule is CC(C)(C)c1ccc(O)c(C(C)(C)C)c1.Oc1ccccc1-c1ccccc1. The molecule has 0 saturated heterocycles. The maximum Gasteiger partial charge on any atom is 0.123 e. The number of para-hydroxylation sites is 1. The molecule has 0 bridgehead atoms. The maximum absolute atomic E-state index is 9.84. The molecule has 28 heavy (non-hydrogen) atoms. The van der Waals surface area contributed by atoms with Gasteiger partial charge in [-0.1, -0.05) is 102 Å². The quantitative estimate of drug-likeness (QED) is 0.478. The Hall–Kier alpha value is -2.74. The van der Waals surface area contributed by atoms with Gasteiger partial charge in [0.25, 0.3) is 0 Å². The number of phenolic OH excluding ortho intramolecular Hbond substituents is 2. The van der Waals surface area contributed by atoms with Gasteiger partial charge in [-0.3, -0.25) is 0 Å². The highest BCUT2D eigenvalue weighted by Gasteiger charge is 2.21. The van der Waals surface area contributed by atoms with Crippen molar-refractivity contribution in [3.8, 4) is 22.6 Å². The van der Waals surface area contributed by atoms with Gasteiger partial charge >= 0.3 is 0 Å². The Balaban J connectivity index is 0.000000202. The lowest BCUT2D eigenvalue weighted by molar-refractivity contribution is 0.444. The summed E-state index contributed by atoms with van der Waals surface area (Å²) in [6.45, 7) is 12.9. The Morgan fingerprint density at radius 3 is 1.68 bits per heavy atom. The van der Waals surface area contributed by atoms with Gasteiger partial charge in [0, 0.05) is 5.56 Å². The molecule has 3 rings (SSSR count). The largest absolute Gasteiger partial charge is 0.508 e. The predicted octanol–water partition coefficient (Wildman–Crippen LogP) is 7.05. The monoisotopic (exact) mass is 376 g/mol. The average Bonchev–Trinajstić information content (AvgIpc) is 2.62. The first-order valence-electron chi connectivity index (χ1n) is 9.67. The lowest BCUT2D eigenvalue weighted by Crippen LogP contribution is -2.16. The van der Waals surface area contributed by atoms with Gasteiger partial charge < -0.3 is 10.2 Å². The zero-order chi connectivity index (χ0) is 20.9. The van der Waals surface area contributed by atoms with E-state index in [9.17, 15) is 10.2 Å². The molecule has 148 valence electrons. The fourth-order valence-electron chi connectivity index (χ4n) is 2.94. The summed E-state index contributed by atoms with van der Waals surface area (Å²) in [7, 11) is 0. The highest BCUT2D eigenvalue weighted by atomic mass is 16.3. The molecule has 0 unspecified atom stereocenters. The van der Waals surface area contributed by atoms with Crippen LogP contribution in [0.3, 0.4) is 0 Å². The van der Waals surface area contributed by atoms with E-state index in [0.29, 0.717) is 11.5 Å². The maximum atomic E-state index is 9.84. The van der Waals surface area contributed by atoms with Crippen molar-refractivity contribution < 1.29 is 10.2 Å². The van der Waals surface area contributed by atoms with Crippen LogP contribution < -0.4 is 0 Å². The van der Waals surface area contributed by atoms with Gasteiger partial charge in [0.2, 0.25) is 0 Å². The lowest BCUT2D eigenvalue weighted by atomic mass is 9.80. The third-order valence-corrected chi connectivity index (χ3v) is 4.66. The van der Waals surface area contributed by atoms with Crippen molar-refractivity contribution in [1.29, 1.82) is 0 Å². The minimum atomic E-state index is -0.00859. The van der Waals surface area contributed by atoms with Crippen LogP contribution in [-0.4, -0.2) is 10.2 Å². The minimum absolute atomic E-state index is 0.00859. The van der Waals surface area contributed by atoms with E-state index in [1.807, 2.05) is 54.6 Å². The molecule has 0 heterocycles. The standard InChI is InChI=1S/C14H22O.C12H10O/c1-13(2,3)10-7-8-12(15)11(9-10)14(4,5)6;13-12-9-5-4-8-11(12)10-6-2-1-3-7-10/h7-9,15H,1-6H3;1-9,13H. The fourth-order valence-corrected chi connectivity index (χ4v) is 2.94. The topological polar surface area (TPSA) is 40.5 Å². The van der Waals surface area contributed by atoms with Crippen LogP contribution in [-0.2, 0) is 10.8 Å². The fraction of sp³-hybridized carbons (Fsp3) is 0.308. The van der Waals surface area contributed by atoms with Crippen molar-refractivity contribution >= 4 is 0 Å². The van der Waals surface area contributed by atoms with E-state index in [4.69, 9.17) is 0 Å². The third kappa shape index (κ3) is 5.63. The smallest absolute Gasteiger partial charge is 0.123 e. The summed E-state index contributed by atoms with van der Waals surface area (Å²) in [5.41, 5.74) is 4.34. The second-order valence-corrected chi connectivity index (χ2v) is 9.12. The lowest BCUT2D eigenvalue weighted by Gasteiger charge is -2.25. The molecule has 2 nitrogen and oxygen atoms in total. The summed E-state index contributed by atoms with van der Waals surface area (Å²) in [5.74, 6) is 0.726. The van der Waals surface area contributed by atoms with Crippen molar-refractivity contribution in [2.75, 3.05) is 0 Å². The normalized spacial score (nSPS) is 11.5. The van der Waals surface area contributed by atoms with Crippen LogP contribution in [0.1, 0.15) is 52.7 Å². The first-order valence-corrected chi connectivity index (χ1v) is 9.67. The van der Waals surface area contributed by atoms with Gasteiger partial charge in [-0.05, 0) is 39.7 Å². The zero-order valence-corrected chi connectivity index (χ0v) is 17.8. The second kappa shape index (κ2) is 8.52. The van der Waals surface area contributed by atoms with Crippen LogP contribution in [0.2, 0.25) is 0 Å². The highest BCUT2D eigenvalue weighted by molar-refractivity contribution is 5.69. The number of benzene rings is 3. The van der Waals surface area contributed by atoms with E-state index in [2.05, 4.69) is 47.6 Å². The Morgan fingerprint density at radius 1 is 0.571 bits per heavy atom. The van der Waals surface area contributed by atoms with Gasteiger partial charge in [0.1, 0.15) is 11.5 Å². The van der Waals surface area contributed by atoms with Crippen LogP contribution in [0, 0.1) is 0 Å². The molecule has 3 aromatic carbocycles. The summed E-state index contributed by atoms with van der Waals surface area (Å²) >= 11 is 0. The van der Waals surface area contributed by atoms with E-state index in [1.54, 1.807) is 12.1 Å². The van der Waals surface area contributed by atoms with Gasteiger partial charge in [-0.2, -0.15) is 0 Å². The molecule has 2 N–H and O–H groups in total. The summed E-state index contributed by atoms with van der Waals surface area (Å²) in [5, 5.41) is 19.4. The molecule has 3 aromatic rings. The molecule has 0 fully saturated rings. The summed E-state index contributed by atoms with van der Waals surface area (Å²) in [6.07, 6.45) is 0. The van der Waals surface area contributed by atoms with Crippen molar-refractivity contribution in [3.05, 3.63) is 83.9 Å². The second-order valence-electron chi connectivity index (χ2n) is 9.12. The van der Waals surface area contributed by atoms with E-state index >= 15 is 0 Å². The van der Waals surface area contributed by atoms with Gasteiger partial charge in [-0.25, -0.2) is 0 Å². The molecule has 0 aliphatic heterocycles. The summed E-state index contributed by atoms with van der Waals surface area (Å²) < 4.78 is 0. The van der Waals surface area contributed by atoms with E-state index < -0.39 is 0 Å². The van der Waals surface area contributed by atoms with Gasteiger partial charge in [-0.15, -0.1) is 0 Å². The van der Waals surface area contributed by atoms with E-state index in [-0.39, 0.29) is 10.8 Å². The van der Waals surface area contributed by atoms with Crippen molar-refractivity contribution in [2.24, 2.45) is 0 Å². The molecule has 2 heteroatoms. The van der Waals surface area contributed by atoms with Crippen LogP contribution in [0.4, 0.5) is 0 Å². The molecule has 0 aromatic heterocycles. The Kier molecular flexibility index (Phi) is 6.56. The number of hydrogen-bond donors (Lipinski definition) is 2. The summed E-state index contributed by atoms with van der Waals surface area (Å²) in [6, 6.07) is 23.1. The molecule has 0 radical (unpaired) electrons. The van der Waals surface area contributed by atoms with Gasteiger partial charge in [0.15, 0.2) is 0 Å². The average molecular weight is 377 g/mol. The molecular formula is C26H32O2. The first-order chi connectivity index (χ1) is 13.0. The minimum Gasteiger partial charge on any atom is -0.508 e. The number of phenols is 2. The van der Waals surface area contributed by atoms with Crippen molar-refractivity contribution in [2.45, 2.75) is 52.4 Å². The summed E-state index contributed by atoms with van der Waals surface area (Å²) in [4.78, 5) is 0.